The van der Waals surface area contributed by atoms with Crippen LogP contribution in [0.25, 0.3) is 21.2 Å². The molecule has 7 nitrogen and oxygen atoms in total. The van der Waals surface area contributed by atoms with Crippen LogP contribution in [-0.4, -0.2) is 38.2 Å². The van der Waals surface area contributed by atoms with Gasteiger partial charge in [0.2, 0.25) is 0 Å². The van der Waals surface area contributed by atoms with Crippen molar-refractivity contribution in [3.8, 4) is 17.2 Å². The summed E-state index contributed by atoms with van der Waals surface area (Å²) < 4.78 is 31.8. The summed E-state index contributed by atoms with van der Waals surface area (Å²) in [5.74, 6) is -1.62. The molecule has 0 fully saturated rings. The van der Waals surface area contributed by atoms with Gasteiger partial charge in [-0.15, -0.1) is 11.3 Å². The second-order valence-electron chi connectivity index (χ2n) is 8.04. The Morgan fingerprint density at radius 3 is 2.82 bits per heavy atom. The largest absolute Gasteiger partial charge is 0.389 e. The van der Waals surface area contributed by atoms with E-state index < -0.39 is 11.6 Å². The lowest BCUT2D eigenvalue weighted by atomic mass is 9.91. The number of carbonyl (C=O) groups is 1. The van der Waals surface area contributed by atoms with Crippen molar-refractivity contribution in [1.82, 2.24) is 19.7 Å². The molecule has 0 unspecified atom stereocenters. The van der Waals surface area contributed by atoms with Crippen LogP contribution >= 0.6 is 22.9 Å². The highest BCUT2D eigenvalue weighted by Gasteiger charge is 2.33. The summed E-state index contributed by atoms with van der Waals surface area (Å²) in [5.41, 5.74) is 6.99. The quantitative estimate of drug-likeness (QED) is 0.442. The maximum atomic E-state index is 15.5. The van der Waals surface area contributed by atoms with Gasteiger partial charge >= 0.3 is 0 Å². The third-order valence-corrected chi connectivity index (χ3v) is 7.51. The minimum absolute atomic E-state index is 0.0247. The number of hydrogen-bond acceptors (Lipinski definition) is 6. The summed E-state index contributed by atoms with van der Waals surface area (Å²) in [4.78, 5) is 18.8. The average molecular weight is 499 g/mol. The molecule has 34 heavy (non-hydrogen) atoms. The minimum Gasteiger partial charge on any atom is -0.389 e. The average Bonchev–Trinajstić information content (AvgIpc) is 3.43. The first-order valence-corrected chi connectivity index (χ1v) is 11.6. The number of benzene rings is 2. The second-order valence-corrected chi connectivity index (χ2v) is 9.47. The van der Waals surface area contributed by atoms with E-state index in [-0.39, 0.29) is 54.3 Å². The monoisotopic (exact) mass is 498 g/mol. The summed E-state index contributed by atoms with van der Waals surface area (Å²) in [6, 6.07) is 5.54. The molecule has 1 aliphatic heterocycles. The lowest BCUT2D eigenvalue weighted by Gasteiger charge is -2.34. The Bertz CT molecular complexity index is 1490. The van der Waals surface area contributed by atoms with Crippen molar-refractivity contribution >= 4 is 43.9 Å². The van der Waals surface area contributed by atoms with Crippen molar-refractivity contribution < 1.29 is 13.6 Å². The number of anilines is 1. The molecular weight excluding hydrogens is 482 g/mol. The lowest BCUT2D eigenvalue weighted by Crippen LogP contribution is -2.45. The maximum absolute atomic E-state index is 15.5. The Morgan fingerprint density at radius 2 is 2.12 bits per heavy atom. The molecule has 4 aromatic rings. The van der Waals surface area contributed by atoms with E-state index in [9.17, 15) is 14.4 Å². The number of amides is 1. The first kappa shape index (κ1) is 22.3. The lowest BCUT2D eigenvalue weighted by molar-refractivity contribution is 0.0654. The summed E-state index contributed by atoms with van der Waals surface area (Å²) in [7, 11) is 0. The van der Waals surface area contributed by atoms with E-state index in [1.165, 1.54) is 24.5 Å². The molecule has 2 aromatic carbocycles. The van der Waals surface area contributed by atoms with E-state index in [0.29, 0.717) is 25.1 Å². The second kappa shape index (κ2) is 8.34. The van der Waals surface area contributed by atoms with Crippen molar-refractivity contribution in [2.75, 3.05) is 12.3 Å². The van der Waals surface area contributed by atoms with Gasteiger partial charge in [0.25, 0.3) is 5.91 Å². The molecule has 172 valence electrons. The van der Waals surface area contributed by atoms with Gasteiger partial charge in [-0.05, 0) is 36.6 Å². The van der Waals surface area contributed by atoms with E-state index >= 15 is 4.39 Å². The molecule has 11 heteroatoms. The van der Waals surface area contributed by atoms with E-state index in [4.69, 9.17) is 17.3 Å². The molecule has 0 saturated heterocycles. The maximum Gasteiger partial charge on any atom is 0.254 e. The topological polar surface area (TPSA) is 101 Å². The Labute approximate surface area is 202 Å². The first-order valence-electron chi connectivity index (χ1n) is 10.4. The number of nitrogens with zero attached hydrogens (tertiary/aromatic N) is 5. The van der Waals surface area contributed by atoms with Gasteiger partial charge in [0.05, 0.1) is 21.8 Å². The number of fused-ring (bicyclic) bond motifs is 2. The molecule has 0 bridgehead atoms. The third-order valence-electron chi connectivity index (χ3n) is 6.06. The summed E-state index contributed by atoms with van der Waals surface area (Å²) in [6.45, 7) is 2.72. The molecule has 1 aliphatic rings. The zero-order valence-corrected chi connectivity index (χ0v) is 19.4. The fraction of sp³-hybridized carbons (Fsp3) is 0.217. The molecule has 0 aliphatic carbocycles. The van der Waals surface area contributed by atoms with Gasteiger partial charge in [0.15, 0.2) is 0 Å². The van der Waals surface area contributed by atoms with Crippen LogP contribution in [-0.2, 0) is 13.0 Å². The molecule has 0 spiro atoms. The normalized spacial score (nSPS) is 14.3. The van der Waals surface area contributed by atoms with Crippen LogP contribution in [0, 0.1) is 23.0 Å². The van der Waals surface area contributed by atoms with Gasteiger partial charge < -0.3 is 10.6 Å². The number of aromatic nitrogens is 3. The van der Waals surface area contributed by atoms with Gasteiger partial charge in [-0.25, -0.2) is 13.8 Å². The van der Waals surface area contributed by atoms with Crippen molar-refractivity contribution in [3.05, 3.63) is 64.2 Å². The van der Waals surface area contributed by atoms with E-state index in [1.807, 2.05) is 13.0 Å². The van der Waals surface area contributed by atoms with Crippen molar-refractivity contribution in [1.29, 1.82) is 5.26 Å². The SMILES string of the molecule is C[C@@H](Cn1cncn1)N1CCc2c(cc(F)c(-c3ccc(F)c4sc(N)c(C#N)c34)c2Cl)C1=O. The molecule has 5 rings (SSSR count). The Balaban J connectivity index is 1.60. The van der Waals surface area contributed by atoms with Crippen LogP contribution in [0.3, 0.4) is 0 Å². The predicted molar refractivity (Wildman–Crippen MR) is 126 cm³/mol. The molecule has 0 radical (unpaired) electrons. The van der Waals surface area contributed by atoms with Crippen LogP contribution in [0.2, 0.25) is 5.02 Å². The number of thiophene rings is 1. The van der Waals surface area contributed by atoms with Crippen molar-refractivity contribution in [3.63, 3.8) is 0 Å². The summed E-state index contributed by atoms with van der Waals surface area (Å²) in [5, 5.41) is 14.1. The Hall–Kier alpha value is -3.55. The molecule has 3 heterocycles. The molecule has 2 N–H and O–H groups in total. The van der Waals surface area contributed by atoms with Crippen LogP contribution in [0.15, 0.2) is 30.9 Å². The van der Waals surface area contributed by atoms with E-state index in [0.717, 1.165) is 11.3 Å². The van der Waals surface area contributed by atoms with Crippen molar-refractivity contribution in [2.45, 2.75) is 25.9 Å². The highest BCUT2D eigenvalue weighted by Crippen LogP contribution is 2.45. The molecule has 1 amide bonds. The van der Waals surface area contributed by atoms with Crippen LogP contribution in [0.4, 0.5) is 13.8 Å². The van der Waals surface area contributed by atoms with Crippen LogP contribution < -0.4 is 5.73 Å². The molecule has 0 saturated carbocycles. The van der Waals surface area contributed by atoms with Gasteiger partial charge in [-0.3, -0.25) is 9.48 Å². The molecule has 1 atom stereocenters. The highest BCUT2D eigenvalue weighted by atomic mass is 35.5. The Kier molecular flexibility index (Phi) is 5.46. The third kappa shape index (κ3) is 3.40. The summed E-state index contributed by atoms with van der Waals surface area (Å²) in [6.07, 6.45) is 3.40. The first-order chi connectivity index (χ1) is 16.3. The summed E-state index contributed by atoms with van der Waals surface area (Å²) >= 11 is 7.61. The minimum atomic E-state index is -0.732. The van der Waals surface area contributed by atoms with Gasteiger partial charge in [-0.1, -0.05) is 17.7 Å². The standard InChI is InChI=1S/C23H17ClF2N6OS/c1-11(8-31-10-29-9-30-31)32-5-4-12-14(23(32)33)6-17(26)19(20(12)24)13-2-3-16(25)21-18(13)15(7-27)22(28)34-21/h2-3,6,9-11H,4-5,8,28H2,1H3/t11-/m0/s1. The number of carbonyl (C=O) groups excluding carboxylic acids is 1. The number of nitriles is 1. The Morgan fingerprint density at radius 1 is 1.32 bits per heavy atom. The van der Waals surface area contributed by atoms with E-state index in [2.05, 4.69) is 10.1 Å². The zero-order valence-electron chi connectivity index (χ0n) is 17.8. The smallest absolute Gasteiger partial charge is 0.254 e. The number of halogens is 3. The predicted octanol–water partition coefficient (Wildman–Crippen LogP) is 4.63. The fourth-order valence-electron chi connectivity index (χ4n) is 4.46. The highest BCUT2D eigenvalue weighted by molar-refractivity contribution is 7.23. The van der Waals surface area contributed by atoms with Gasteiger partial charge in [0.1, 0.15) is 35.4 Å². The van der Waals surface area contributed by atoms with Crippen molar-refractivity contribution in [2.24, 2.45) is 0 Å². The van der Waals surface area contributed by atoms with Crippen LogP contribution in [0.1, 0.15) is 28.4 Å². The van der Waals surface area contributed by atoms with E-state index in [1.54, 1.807) is 15.9 Å². The van der Waals surface area contributed by atoms with Gasteiger partial charge in [-0.2, -0.15) is 10.4 Å². The number of nitrogen functional groups attached to an aromatic ring is 1. The van der Waals surface area contributed by atoms with Crippen LogP contribution in [0.5, 0.6) is 0 Å². The number of nitrogens with two attached hydrogens (primary N) is 1. The fourth-order valence-corrected chi connectivity index (χ4v) is 5.79. The molecule has 2 aromatic heterocycles. The zero-order chi connectivity index (χ0) is 24.1. The van der Waals surface area contributed by atoms with Gasteiger partial charge in [0, 0.05) is 29.1 Å². The number of hydrogen-bond donors (Lipinski definition) is 1. The molecular formula is C23H17ClF2N6OS. The number of rotatable bonds is 4.